The molecule has 1 rings (SSSR count). The number of hydrogen-bond donors (Lipinski definition) is 0. The molecule has 0 amide bonds. The molecule has 1 atom stereocenters. The first kappa shape index (κ1) is 19.8. The normalized spacial score (nSPS) is 13.2. The number of non-ortho nitro benzene ring substituents is 1. The molecule has 9 nitrogen and oxygen atoms in total. The number of nitro groups is 1. The number of carbonyl (C=O) groups is 1. The molecule has 0 aliphatic rings. The number of phosphoric acid groups is 1. The predicted octanol–water partition coefficient (Wildman–Crippen LogP) is 3.52. The van der Waals surface area contributed by atoms with E-state index in [4.69, 9.17) is 9.26 Å². The van der Waals surface area contributed by atoms with E-state index in [0.717, 1.165) is 20.3 Å². The Morgan fingerprint density at radius 2 is 1.96 bits per heavy atom. The molecule has 1 unspecified atom stereocenters. The Hall–Kier alpha value is -2.22. The summed E-state index contributed by atoms with van der Waals surface area (Å²) in [5, 5.41) is 10.8. The second-order valence-corrected chi connectivity index (χ2v) is 6.40. The highest BCUT2D eigenvalue weighted by atomic mass is 31.2. The topological polar surface area (TPSA) is 114 Å². The van der Waals surface area contributed by atoms with Gasteiger partial charge in [0.15, 0.2) is 0 Å². The van der Waals surface area contributed by atoms with Crippen LogP contribution in [-0.4, -0.2) is 25.1 Å². The van der Waals surface area contributed by atoms with Gasteiger partial charge < -0.3 is 9.26 Å². The highest BCUT2D eigenvalue weighted by Crippen LogP contribution is 2.49. The van der Waals surface area contributed by atoms with Crippen molar-refractivity contribution >= 4 is 19.5 Å². The van der Waals surface area contributed by atoms with E-state index >= 15 is 0 Å². The maximum atomic E-state index is 11.8. The van der Waals surface area contributed by atoms with Crippen molar-refractivity contribution in [1.82, 2.24) is 0 Å². The van der Waals surface area contributed by atoms with Gasteiger partial charge in [0.05, 0.1) is 11.0 Å². The number of nitrogens with zero attached hydrogens (tertiary/aromatic N) is 1. The molecule has 10 heteroatoms. The van der Waals surface area contributed by atoms with E-state index < -0.39 is 24.8 Å². The molecule has 0 saturated carbocycles. The van der Waals surface area contributed by atoms with E-state index in [1.807, 2.05) is 0 Å². The zero-order chi connectivity index (χ0) is 18.3. The van der Waals surface area contributed by atoms with Crippen LogP contribution in [0.4, 0.5) is 5.69 Å². The van der Waals surface area contributed by atoms with Crippen molar-refractivity contribution in [1.29, 1.82) is 0 Å². The molecule has 0 N–H and O–H groups in total. The van der Waals surface area contributed by atoms with Gasteiger partial charge in [-0.2, -0.15) is 0 Å². The highest BCUT2D eigenvalue weighted by Gasteiger charge is 2.25. The molecule has 0 aromatic heterocycles. The van der Waals surface area contributed by atoms with Crippen molar-refractivity contribution in [2.45, 2.75) is 20.0 Å². The van der Waals surface area contributed by atoms with E-state index in [0.29, 0.717) is 5.56 Å². The lowest BCUT2D eigenvalue weighted by Crippen LogP contribution is -2.07. The molecule has 0 aliphatic carbocycles. The second-order valence-electron chi connectivity index (χ2n) is 4.59. The number of allylic oxidation sites excluding steroid dienone is 1. The second kappa shape index (κ2) is 8.58. The number of carbonyl (C=O) groups excluding carboxylic acids is 1. The molecule has 0 heterocycles. The highest BCUT2D eigenvalue weighted by molar-refractivity contribution is 7.48. The van der Waals surface area contributed by atoms with Crippen LogP contribution in [-0.2, 0) is 27.7 Å². The third kappa shape index (κ3) is 5.77. The predicted molar refractivity (Wildman–Crippen MR) is 84.1 cm³/mol. The van der Waals surface area contributed by atoms with Crippen molar-refractivity contribution in [3.05, 3.63) is 51.8 Å². The maximum Gasteiger partial charge on any atom is 0.529 e. The molecule has 0 saturated heterocycles. The van der Waals surface area contributed by atoms with Crippen LogP contribution in [0, 0.1) is 10.1 Å². The standard InChI is InChI=1S/C14H18NO8P/c1-10(23-24(19,20-3)21-4)8-14(16)22-11(2)12-6-5-7-13(9-12)15(17)18/h5-9,11H,1-4H3/b10-8+. The summed E-state index contributed by atoms with van der Waals surface area (Å²) in [5.41, 5.74) is 0.357. The molecule has 132 valence electrons. The van der Waals surface area contributed by atoms with Crippen LogP contribution in [0.2, 0.25) is 0 Å². The lowest BCUT2D eigenvalue weighted by molar-refractivity contribution is -0.385. The average Bonchev–Trinajstić information content (AvgIpc) is 2.54. The summed E-state index contributed by atoms with van der Waals surface area (Å²) in [4.78, 5) is 22.1. The fraction of sp³-hybridized carbons (Fsp3) is 0.357. The number of benzene rings is 1. The number of nitro benzene ring substituents is 1. The fourth-order valence-corrected chi connectivity index (χ4v) is 2.39. The minimum atomic E-state index is -3.75. The van der Waals surface area contributed by atoms with E-state index in [1.165, 1.54) is 25.1 Å². The minimum absolute atomic E-state index is 0.0294. The number of rotatable bonds is 8. The van der Waals surface area contributed by atoms with Gasteiger partial charge in [0, 0.05) is 26.4 Å². The zero-order valence-electron chi connectivity index (χ0n) is 13.6. The van der Waals surface area contributed by atoms with Gasteiger partial charge in [-0.3, -0.25) is 19.2 Å². The lowest BCUT2D eigenvalue weighted by Gasteiger charge is -2.15. The Morgan fingerprint density at radius 3 is 2.50 bits per heavy atom. The molecule has 0 radical (unpaired) electrons. The molecular formula is C14H18NO8P. The van der Waals surface area contributed by atoms with E-state index in [9.17, 15) is 19.5 Å². The summed E-state index contributed by atoms with van der Waals surface area (Å²) in [6.45, 7) is 2.94. The molecule has 1 aromatic rings. The Bertz CT molecular complexity index is 679. The molecule has 0 fully saturated rings. The number of hydrogen-bond acceptors (Lipinski definition) is 8. The molecule has 24 heavy (non-hydrogen) atoms. The summed E-state index contributed by atoms with van der Waals surface area (Å²) in [6, 6.07) is 5.75. The third-order valence-corrected chi connectivity index (χ3v) is 4.27. The van der Waals surface area contributed by atoms with Gasteiger partial charge in [0.2, 0.25) is 0 Å². The largest absolute Gasteiger partial charge is 0.529 e. The molecule has 0 spiro atoms. The average molecular weight is 359 g/mol. The van der Waals surface area contributed by atoms with Crippen LogP contribution in [0.3, 0.4) is 0 Å². The Labute approximate surface area is 138 Å². The number of ether oxygens (including phenoxy) is 1. The quantitative estimate of drug-likeness (QED) is 0.173. The number of phosphoric ester groups is 1. The summed E-state index contributed by atoms with van der Waals surface area (Å²) in [7, 11) is -1.48. The summed E-state index contributed by atoms with van der Waals surface area (Å²) in [5.74, 6) is -0.802. The molecule has 0 aliphatic heterocycles. The molecule has 0 bridgehead atoms. The summed E-state index contributed by atoms with van der Waals surface area (Å²) < 4.78 is 31.0. The molecule has 1 aromatic carbocycles. The molecular weight excluding hydrogens is 341 g/mol. The van der Waals surface area contributed by atoms with Crippen molar-refractivity contribution in [2.24, 2.45) is 0 Å². The first-order chi connectivity index (χ1) is 11.2. The fourth-order valence-electron chi connectivity index (χ4n) is 1.69. The van der Waals surface area contributed by atoms with Crippen LogP contribution < -0.4 is 0 Å². The summed E-state index contributed by atoms with van der Waals surface area (Å²) >= 11 is 0. The van der Waals surface area contributed by atoms with Gasteiger partial charge in [-0.25, -0.2) is 9.36 Å². The Kier molecular flexibility index (Phi) is 7.09. The van der Waals surface area contributed by atoms with Crippen LogP contribution in [0.15, 0.2) is 36.1 Å². The zero-order valence-corrected chi connectivity index (χ0v) is 14.5. The minimum Gasteiger partial charge on any atom is -0.455 e. The van der Waals surface area contributed by atoms with Gasteiger partial charge in [0.1, 0.15) is 11.9 Å². The van der Waals surface area contributed by atoms with Crippen LogP contribution in [0.1, 0.15) is 25.5 Å². The lowest BCUT2D eigenvalue weighted by atomic mass is 10.1. The van der Waals surface area contributed by atoms with E-state index in [1.54, 1.807) is 13.0 Å². The van der Waals surface area contributed by atoms with Crippen LogP contribution in [0.5, 0.6) is 0 Å². The van der Waals surface area contributed by atoms with Gasteiger partial charge in [-0.15, -0.1) is 0 Å². The van der Waals surface area contributed by atoms with Gasteiger partial charge in [-0.05, 0) is 19.4 Å². The van der Waals surface area contributed by atoms with Gasteiger partial charge >= 0.3 is 13.8 Å². The van der Waals surface area contributed by atoms with Crippen LogP contribution >= 0.6 is 7.82 Å². The van der Waals surface area contributed by atoms with Gasteiger partial charge in [-0.1, -0.05) is 12.1 Å². The smallest absolute Gasteiger partial charge is 0.455 e. The van der Waals surface area contributed by atoms with Crippen LogP contribution in [0.25, 0.3) is 0 Å². The summed E-state index contributed by atoms with van der Waals surface area (Å²) in [6.07, 6.45) is 0.247. The van der Waals surface area contributed by atoms with Crippen molar-refractivity contribution in [2.75, 3.05) is 14.2 Å². The maximum absolute atomic E-state index is 11.8. The van der Waals surface area contributed by atoms with Gasteiger partial charge in [0.25, 0.3) is 5.69 Å². The Balaban J connectivity index is 2.76. The first-order valence-electron chi connectivity index (χ1n) is 6.75. The van der Waals surface area contributed by atoms with E-state index in [-0.39, 0.29) is 11.4 Å². The third-order valence-electron chi connectivity index (χ3n) is 2.87. The first-order valence-corrected chi connectivity index (χ1v) is 8.21. The van der Waals surface area contributed by atoms with Crippen molar-refractivity contribution < 1.29 is 32.6 Å². The number of esters is 1. The monoisotopic (exact) mass is 359 g/mol. The Morgan fingerprint density at radius 1 is 1.33 bits per heavy atom. The SMILES string of the molecule is COP(=O)(OC)O/C(C)=C/C(=O)OC(C)c1cccc([N+](=O)[O-])c1. The van der Waals surface area contributed by atoms with Crippen molar-refractivity contribution in [3.8, 4) is 0 Å². The van der Waals surface area contributed by atoms with Crippen molar-refractivity contribution in [3.63, 3.8) is 0 Å². The van der Waals surface area contributed by atoms with E-state index in [2.05, 4.69) is 9.05 Å².